The van der Waals surface area contributed by atoms with Crippen molar-refractivity contribution in [2.75, 3.05) is 6.54 Å². The number of nitrogens with two attached hydrogens (primary N) is 1. The maximum absolute atomic E-state index is 13.3. The Hall–Kier alpha value is -2.73. The standard InChI is InChI=1S/C17H16FN3O2/c18-12-6-7-16-13(8-12)15(21-23-16)9-17(22)20-10-14(19)11-4-2-1-3-5-11/h1-8,14H,9-10,19H2,(H,20,22). The molecule has 23 heavy (non-hydrogen) atoms. The number of carbonyl (C=O) groups is 1. The first-order valence-electron chi connectivity index (χ1n) is 7.24. The molecule has 2 aromatic carbocycles. The number of aromatic nitrogens is 1. The van der Waals surface area contributed by atoms with Crippen LogP contribution < -0.4 is 11.1 Å². The van der Waals surface area contributed by atoms with Gasteiger partial charge in [-0.05, 0) is 23.8 Å². The highest BCUT2D eigenvalue weighted by molar-refractivity contribution is 5.86. The minimum atomic E-state index is -0.395. The van der Waals surface area contributed by atoms with Crippen LogP contribution in [0.1, 0.15) is 17.3 Å². The van der Waals surface area contributed by atoms with Crippen LogP contribution in [0, 0.1) is 5.82 Å². The Morgan fingerprint density at radius 1 is 1.26 bits per heavy atom. The number of carbonyl (C=O) groups excluding carboxylic acids is 1. The third-order valence-electron chi connectivity index (χ3n) is 3.58. The van der Waals surface area contributed by atoms with Gasteiger partial charge in [0.15, 0.2) is 5.58 Å². The highest BCUT2D eigenvalue weighted by atomic mass is 19.1. The molecule has 1 aromatic heterocycles. The molecule has 0 saturated carbocycles. The van der Waals surface area contributed by atoms with Crippen molar-refractivity contribution >= 4 is 16.9 Å². The van der Waals surface area contributed by atoms with Crippen LogP contribution in [0.5, 0.6) is 0 Å². The van der Waals surface area contributed by atoms with Gasteiger partial charge in [0.2, 0.25) is 5.91 Å². The molecule has 1 amide bonds. The van der Waals surface area contributed by atoms with E-state index < -0.39 is 5.82 Å². The average molecular weight is 313 g/mol. The molecule has 3 rings (SSSR count). The largest absolute Gasteiger partial charge is 0.356 e. The number of hydrogen-bond donors (Lipinski definition) is 2. The van der Waals surface area contributed by atoms with Crippen LogP contribution in [0.3, 0.4) is 0 Å². The number of nitrogens with one attached hydrogen (secondary N) is 1. The van der Waals surface area contributed by atoms with Gasteiger partial charge in [-0.1, -0.05) is 35.5 Å². The summed E-state index contributed by atoms with van der Waals surface area (Å²) in [5.74, 6) is -0.635. The van der Waals surface area contributed by atoms with Crippen LogP contribution in [0.4, 0.5) is 4.39 Å². The Morgan fingerprint density at radius 2 is 2.04 bits per heavy atom. The molecule has 6 heteroatoms. The Morgan fingerprint density at radius 3 is 2.83 bits per heavy atom. The quantitative estimate of drug-likeness (QED) is 0.757. The van der Waals surface area contributed by atoms with Crippen LogP contribution in [0.2, 0.25) is 0 Å². The highest BCUT2D eigenvalue weighted by Crippen LogP contribution is 2.20. The van der Waals surface area contributed by atoms with Gasteiger partial charge in [0.05, 0.1) is 6.42 Å². The second-order valence-corrected chi connectivity index (χ2v) is 5.27. The Kier molecular flexibility index (Phi) is 4.34. The molecule has 1 heterocycles. The van der Waals surface area contributed by atoms with Gasteiger partial charge < -0.3 is 15.6 Å². The van der Waals surface area contributed by atoms with E-state index in [4.69, 9.17) is 10.3 Å². The van der Waals surface area contributed by atoms with Crippen molar-refractivity contribution in [2.45, 2.75) is 12.5 Å². The lowest BCUT2D eigenvalue weighted by Gasteiger charge is -2.12. The molecule has 0 aliphatic rings. The van der Waals surface area contributed by atoms with Crippen LogP contribution in [0.15, 0.2) is 53.1 Å². The summed E-state index contributed by atoms with van der Waals surface area (Å²) in [6.07, 6.45) is 0.0119. The smallest absolute Gasteiger partial charge is 0.226 e. The van der Waals surface area contributed by atoms with Gasteiger partial charge in [-0.25, -0.2) is 4.39 Å². The summed E-state index contributed by atoms with van der Waals surface area (Å²) >= 11 is 0. The van der Waals surface area contributed by atoms with Crippen molar-refractivity contribution in [3.05, 3.63) is 65.6 Å². The maximum atomic E-state index is 13.3. The van der Waals surface area contributed by atoms with Crippen molar-refractivity contribution < 1.29 is 13.7 Å². The predicted molar refractivity (Wildman–Crippen MR) is 84.1 cm³/mol. The average Bonchev–Trinajstić information content (AvgIpc) is 2.95. The third-order valence-corrected chi connectivity index (χ3v) is 3.58. The van der Waals surface area contributed by atoms with Gasteiger partial charge >= 0.3 is 0 Å². The molecule has 0 saturated heterocycles. The second kappa shape index (κ2) is 6.58. The molecule has 1 atom stereocenters. The molecule has 0 bridgehead atoms. The SMILES string of the molecule is NC(CNC(=O)Cc1noc2ccc(F)cc12)c1ccccc1. The maximum Gasteiger partial charge on any atom is 0.226 e. The van der Waals surface area contributed by atoms with Gasteiger partial charge in [0, 0.05) is 18.0 Å². The monoisotopic (exact) mass is 313 g/mol. The summed E-state index contributed by atoms with van der Waals surface area (Å²) < 4.78 is 18.4. The van der Waals surface area contributed by atoms with Gasteiger partial charge in [-0.2, -0.15) is 0 Å². The molecule has 0 spiro atoms. The van der Waals surface area contributed by atoms with E-state index in [2.05, 4.69) is 10.5 Å². The number of rotatable bonds is 5. The zero-order valence-electron chi connectivity index (χ0n) is 12.3. The Balaban J connectivity index is 1.62. The molecule has 0 aliphatic carbocycles. The molecule has 0 aliphatic heterocycles. The number of benzene rings is 2. The van der Waals surface area contributed by atoms with E-state index in [1.807, 2.05) is 30.3 Å². The normalized spacial score (nSPS) is 12.3. The molecule has 118 valence electrons. The fraction of sp³-hybridized carbons (Fsp3) is 0.176. The molecular weight excluding hydrogens is 297 g/mol. The molecule has 0 fully saturated rings. The van der Waals surface area contributed by atoms with Crippen molar-refractivity contribution in [1.82, 2.24) is 10.5 Å². The summed E-state index contributed by atoms with van der Waals surface area (Å²) in [4.78, 5) is 12.0. The van der Waals surface area contributed by atoms with Gasteiger partial charge in [-0.15, -0.1) is 0 Å². The van der Waals surface area contributed by atoms with Crippen LogP contribution >= 0.6 is 0 Å². The topological polar surface area (TPSA) is 81.1 Å². The first-order valence-corrected chi connectivity index (χ1v) is 7.24. The van der Waals surface area contributed by atoms with Crippen molar-refractivity contribution in [3.8, 4) is 0 Å². The summed E-state index contributed by atoms with van der Waals surface area (Å²) in [5, 5.41) is 7.09. The number of fused-ring (bicyclic) bond motifs is 1. The highest BCUT2D eigenvalue weighted by Gasteiger charge is 2.14. The van der Waals surface area contributed by atoms with E-state index >= 15 is 0 Å². The van der Waals surface area contributed by atoms with Gasteiger partial charge in [-0.3, -0.25) is 4.79 Å². The summed E-state index contributed by atoms with van der Waals surface area (Å²) in [7, 11) is 0. The zero-order valence-corrected chi connectivity index (χ0v) is 12.3. The molecular formula is C17H16FN3O2. The second-order valence-electron chi connectivity index (χ2n) is 5.27. The van der Waals surface area contributed by atoms with E-state index in [9.17, 15) is 9.18 Å². The summed E-state index contributed by atoms with van der Waals surface area (Å²) in [6, 6.07) is 13.3. The van der Waals surface area contributed by atoms with Crippen molar-refractivity contribution in [2.24, 2.45) is 5.73 Å². The third kappa shape index (κ3) is 3.54. The fourth-order valence-corrected chi connectivity index (χ4v) is 2.34. The van der Waals surface area contributed by atoms with Crippen LogP contribution in [0.25, 0.3) is 11.0 Å². The van der Waals surface area contributed by atoms with Crippen molar-refractivity contribution in [1.29, 1.82) is 0 Å². The Bertz CT molecular complexity index is 817. The van der Waals surface area contributed by atoms with Crippen molar-refractivity contribution in [3.63, 3.8) is 0 Å². The predicted octanol–water partition coefficient (Wildman–Crippen LogP) is 2.33. The minimum absolute atomic E-state index is 0.0119. The van der Waals surface area contributed by atoms with Crippen LogP contribution in [-0.4, -0.2) is 17.6 Å². The lowest BCUT2D eigenvalue weighted by molar-refractivity contribution is -0.120. The number of hydrogen-bond acceptors (Lipinski definition) is 4. The van der Waals surface area contributed by atoms with E-state index in [-0.39, 0.29) is 18.4 Å². The molecule has 3 aromatic rings. The van der Waals surface area contributed by atoms with E-state index in [0.717, 1.165) is 5.56 Å². The van der Waals surface area contributed by atoms with E-state index in [0.29, 0.717) is 23.2 Å². The molecule has 1 unspecified atom stereocenters. The van der Waals surface area contributed by atoms with E-state index in [1.165, 1.54) is 18.2 Å². The first-order chi connectivity index (χ1) is 11.1. The molecule has 0 radical (unpaired) electrons. The lowest BCUT2D eigenvalue weighted by atomic mass is 10.1. The lowest BCUT2D eigenvalue weighted by Crippen LogP contribution is -2.32. The fourth-order valence-electron chi connectivity index (χ4n) is 2.34. The Labute approximate surface area is 132 Å². The van der Waals surface area contributed by atoms with E-state index in [1.54, 1.807) is 0 Å². The van der Waals surface area contributed by atoms with Gasteiger partial charge in [0.1, 0.15) is 11.5 Å². The molecule has 5 nitrogen and oxygen atoms in total. The summed E-state index contributed by atoms with van der Waals surface area (Å²) in [6.45, 7) is 0.312. The zero-order chi connectivity index (χ0) is 16.2. The first kappa shape index (κ1) is 15.2. The minimum Gasteiger partial charge on any atom is -0.356 e. The van der Waals surface area contributed by atoms with Crippen LogP contribution in [-0.2, 0) is 11.2 Å². The number of halogens is 1. The van der Waals surface area contributed by atoms with Gasteiger partial charge in [0.25, 0.3) is 0 Å². The summed E-state index contributed by atoms with van der Waals surface area (Å²) in [5.41, 5.74) is 7.84. The number of nitrogens with zero attached hydrogens (tertiary/aromatic N) is 1. The number of amides is 1. The molecule has 3 N–H and O–H groups in total.